The highest BCUT2D eigenvalue weighted by Crippen LogP contribution is 2.41. The number of hydrogen-bond acceptors (Lipinski definition) is 7. The molecule has 0 atom stereocenters. The third-order valence-corrected chi connectivity index (χ3v) is 7.30. The van der Waals surface area contributed by atoms with Crippen LogP contribution in [0.25, 0.3) is 21.0 Å². The number of hydrogen-bond donors (Lipinski definition) is 0. The van der Waals surface area contributed by atoms with Crippen LogP contribution in [0.1, 0.15) is 24.2 Å². The number of rotatable bonds is 10. The van der Waals surface area contributed by atoms with Crippen molar-refractivity contribution in [3.05, 3.63) is 54.1 Å². The van der Waals surface area contributed by atoms with Crippen molar-refractivity contribution in [3.63, 3.8) is 0 Å². The smallest absolute Gasteiger partial charge is 0.263 e. The Balaban J connectivity index is 1.83. The summed E-state index contributed by atoms with van der Waals surface area (Å²) >= 11 is 1.42. The Hall–Kier alpha value is -3.36. The summed E-state index contributed by atoms with van der Waals surface area (Å²) in [6.07, 6.45) is 0. The summed E-state index contributed by atoms with van der Waals surface area (Å²) in [5.74, 6) is 1.72. The first-order valence-electron chi connectivity index (χ1n) is 11.7. The maximum absolute atomic E-state index is 14.1. The zero-order valence-electron chi connectivity index (χ0n) is 20.8. The summed E-state index contributed by atoms with van der Waals surface area (Å²) in [7, 11) is 4.84. The quantitative estimate of drug-likeness (QED) is 0.292. The van der Waals surface area contributed by atoms with Crippen LogP contribution >= 0.6 is 11.3 Å². The molecule has 7 nitrogen and oxygen atoms in total. The van der Waals surface area contributed by atoms with Gasteiger partial charge in [-0.1, -0.05) is 49.4 Å². The van der Waals surface area contributed by atoms with Crippen LogP contribution in [0.4, 0.5) is 5.13 Å². The average Bonchev–Trinajstić information content (AvgIpc) is 3.34. The summed E-state index contributed by atoms with van der Waals surface area (Å²) < 4.78 is 17.6. The summed E-state index contributed by atoms with van der Waals surface area (Å²) in [5.41, 5.74) is 1.18. The number of methoxy groups -OCH3 is 3. The molecule has 0 aliphatic heterocycles. The van der Waals surface area contributed by atoms with Crippen LogP contribution in [0.5, 0.6) is 17.2 Å². The molecule has 0 saturated heterocycles. The van der Waals surface area contributed by atoms with Crippen LogP contribution in [-0.2, 0) is 0 Å². The Bertz CT molecular complexity index is 1290. The lowest BCUT2D eigenvalue weighted by molar-refractivity contribution is 0.0981. The zero-order chi connectivity index (χ0) is 24.9. The number of nitrogens with zero attached hydrogens (tertiary/aromatic N) is 3. The van der Waals surface area contributed by atoms with Crippen LogP contribution in [-0.4, -0.2) is 63.3 Å². The number of amides is 1. The normalized spacial score (nSPS) is 11.3. The molecule has 0 fully saturated rings. The molecule has 184 valence electrons. The second-order valence-corrected chi connectivity index (χ2v) is 9.01. The van der Waals surface area contributed by atoms with E-state index in [1.54, 1.807) is 26.2 Å². The van der Waals surface area contributed by atoms with Crippen LogP contribution in [0.2, 0.25) is 0 Å². The molecule has 4 aromatic rings. The van der Waals surface area contributed by atoms with Gasteiger partial charge in [-0.15, -0.1) is 0 Å². The van der Waals surface area contributed by atoms with Gasteiger partial charge in [-0.2, -0.15) is 0 Å². The molecule has 0 bridgehead atoms. The Morgan fingerprint density at radius 3 is 2.11 bits per heavy atom. The molecule has 0 N–H and O–H groups in total. The first-order chi connectivity index (χ1) is 17.0. The molecule has 0 aliphatic carbocycles. The standard InChI is InChI=1S/C27H31N3O4S/c1-6-29(7-2)14-15-30(27-28-24-21(32-3)12-13-22(33-4)25(24)35-27)26(31)20-16-18-10-8-9-11-19(18)17-23(20)34-5/h8-13,16-17H,6-7,14-15H2,1-5H3. The Kier molecular flexibility index (Phi) is 7.73. The fourth-order valence-electron chi connectivity index (χ4n) is 4.16. The van der Waals surface area contributed by atoms with E-state index in [9.17, 15) is 4.79 Å². The van der Waals surface area contributed by atoms with Gasteiger partial charge in [0.05, 0.1) is 26.9 Å². The predicted molar refractivity (Wildman–Crippen MR) is 143 cm³/mol. The molecule has 0 radical (unpaired) electrons. The van der Waals surface area contributed by atoms with Crippen LogP contribution in [0, 0.1) is 0 Å². The van der Waals surface area contributed by atoms with E-state index in [1.165, 1.54) is 11.3 Å². The molecule has 0 aliphatic rings. The van der Waals surface area contributed by atoms with Crippen molar-refractivity contribution in [2.24, 2.45) is 0 Å². The highest BCUT2D eigenvalue weighted by molar-refractivity contribution is 7.22. The first kappa shape index (κ1) is 24.8. The number of aromatic nitrogens is 1. The third kappa shape index (κ3) is 4.90. The van der Waals surface area contributed by atoms with Crippen molar-refractivity contribution in [1.82, 2.24) is 9.88 Å². The number of likely N-dealkylation sites (N-methyl/N-ethyl adjacent to an activating group) is 1. The van der Waals surface area contributed by atoms with Crippen LogP contribution in [0.15, 0.2) is 48.5 Å². The maximum Gasteiger partial charge on any atom is 0.263 e. The van der Waals surface area contributed by atoms with E-state index in [1.807, 2.05) is 48.5 Å². The molecule has 1 amide bonds. The van der Waals surface area contributed by atoms with Crippen molar-refractivity contribution >= 4 is 43.4 Å². The van der Waals surface area contributed by atoms with Crippen molar-refractivity contribution in [1.29, 1.82) is 0 Å². The highest BCUT2D eigenvalue weighted by atomic mass is 32.1. The SMILES string of the molecule is CCN(CC)CCN(C(=O)c1cc2ccccc2cc1OC)c1nc2c(OC)ccc(OC)c2s1. The largest absolute Gasteiger partial charge is 0.496 e. The topological polar surface area (TPSA) is 64.1 Å². The minimum absolute atomic E-state index is 0.156. The Labute approximate surface area is 209 Å². The summed E-state index contributed by atoms with van der Waals surface area (Å²) in [4.78, 5) is 22.9. The molecule has 8 heteroatoms. The van der Waals surface area contributed by atoms with E-state index >= 15 is 0 Å². The van der Waals surface area contributed by atoms with E-state index in [0.29, 0.717) is 40.0 Å². The van der Waals surface area contributed by atoms with E-state index in [0.717, 1.165) is 35.1 Å². The predicted octanol–water partition coefficient (Wildman–Crippen LogP) is 5.46. The van der Waals surface area contributed by atoms with Crippen molar-refractivity contribution in [3.8, 4) is 17.2 Å². The van der Waals surface area contributed by atoms with Gasteiger partial charge < -0.3 is 19.1 Å². The van der Waals surface area contributed by atoms with Gasteiger partial charge in [0, 0.05) is 13.1 Å². The number of carbonyl (C=O) groups excluding carboxylic acids is 1. The minimum Gasteiger partial charge on any atom is -0.496 e. The lowest BCUT2D eigenvalue weighted by atomic mass is 10.0. The molecule has 4 rings (SSSR count). The lowest BCUT2D eigenvalue weighted by Crippen LogP contribution is -2.39. The van der Waals surface area contributed by atoms with E-state index in [-0.39, 0.29) is 5.91 Å². The minimum atomic E-state index is -0.156. The summed E-state index contributed by atoms with van der Waals surface area (Å²) in [5, 5.41) is 2.59. The van der Waals surface area contributed by atoms with Crippen molar-refractivity contribution in [2.45, 2.75) is 13.8 Å². The van der Waals surface area contributed by atoms with Crippen LogP contribution < -0.4 is 19.1 Å². The van der Waals surface area contributed by atoms with E-state index in [2.05, 4.69) is 18.7 Å². The van der Waals surface area contributed by atoms with Gasteiger partial charge in [0.25, 0.3) is 5.91 Å². The van der Waals surface area contributed by atoms with Gasteiger partial charge >= 0.3 is 0 Å². The number of anilines is 1. The van der Waals surface area contributed by atoms with Crippen molar-refractivity contribution in [2.75, 3.05) is 52.4 Å². The molecule has 1 aromatic heterocycles. The van der Waals surface area contributed by atoms with Crippen molar-refractivity contribution < 1.29 is 19.0 Å². The fourth-order valence-corrected chi connectivity index (χ4v) is 5.25. The second-order valence-electron chi connectivity index (χ2n) is 8.03. The maximum atomic E-state index is 14.1. The number of fused-ring (bicyclic) bond motifs is 2. The number of benzene rings is 3. The monoisotopic (exact) mass is 493 g/mol. The molecule has 0 spiro atoms. The molecule has 0 saturated carbocycles. The molecule has 0 unspecified atom stereocenters. The number of carbonyl (C=O) groups is 1. The van der Waals surface area contributed by atoms with Gasteiger partial charge in [-0.25, -0.2) is 4.98 Å². The molecular weight excluding hydrogens is 462 g/mol. The number of ether oxygens (including phenoxy) is 3. The fraction of sp³-hybridized carbons (Fsp3) is 0.333. The highest BCUT2D eigenvalue weighted by Gasteiger charge is 2.26. The van der Waals surface area contributed by atoms with Gasteiger partial charge in [0.1, 0.15) is 27.5 Å². The average molecular weight is 494 g/mol. The molecule has 1 heterocycles. The van der Waals surface area contributed by atoms with Gasteiger partial charge in [0.15, 0.2) is 5.13 Å². The molecule has 3 aromatic carbocycles. The number of thiazole rings is 1. The Morgan fingerprint density at radius 1 is 0.857 bits per heavy atom. The van der Waals surface area contributed by atoms with Crippen LogP contribution in [0.3, 0.4) is 0 Å². The molecule has 35 heavy (non-hydrogen) atoms. The summed E-state index contributed by atoms with van der Waals surface area (Å²) in [6, 6.07) is 15.5. The third-order valence-electron chi connectivity index (χ3n) is 6.21. The Morgan fingerprint density at radius 2 is 1.49 bits per heavy atom. The zero-order valence-corrected chi connectivity index (χ0v) is 21.6. The lowest BCUT2D eigenvalue weighted by Gasteiger charge is -2.25. The van der Waals surface area contributed by atoms with Gasteiger partial charge in [-0.05, 0) is 48.1 Å². The van der Waals surface area contributed by atoms with Gasteiger partial charge in [-0.3, -0.25) is 9.69 Å². The second kappa shape index (κ2) is 10.9. The summed E-state index contributed by atoms with van der Waals surface area (Å²) in [6.45, 7) is 7.25. The van der Waals surface area contributed by atoms with E-state index < -0.39 is 0 Å². The first-order valence-corrected chi connectivity index (χ1v) is 12.5. The molecular formula is C27H31N3O4S. The van der Waals surface area contributed by atoms with E-state index in [4.69, 9.17) is 19.2 Å². The van der Waals surface area contributed by atoms with Gasteiger partial charge in [0.2, 0.25) is 0 Å².